The molecule has 2 aromatic carbocycles. The first-order chi connectivity index (χ1) is 17.3. The van der Waals surface area contributed by atoms with Gasteiger partial charge in [0.2, 0.25) is 0 Å². The first-order valence-corrected chi connectivity index (χ1v) is 16.2. The van der Waals surface area contributed by atoms with E-state index in [0.29, 0.717) is 22.4 Å². The molecule has 2 aliphatic rings. The van der Waals surface area contributed by atoms with E-state index in [2.05, 4.69) is 112 Å². The maximum atomic E-state index is 14.8. The predicted octanol–water partition coefficient (Wildman–Crippen LogP) is 8.60. The van der Waals surface area contributed by atoms with E-state index in [-0.39, 0.29) is 5.54 Å². The van der Waals surface area contributed by atoms with E-state index in [4.69, 9.17) is 0 Å². The monoisotopic (exact) mass is 500 g/mol. The van der Waals surface area contributed by atoms with Gasteiger partial charge in [-0.2, -0.15) is 0 Å². The quantitative estimate of drug-likeness (QED) is 0.331. The van der Waals surface area contributed by atoms with E-state index in [0.717, 1.165) is 49.4 Å². The van der Waals surface area contributed by atoms with Crippen LogP contribution in [0, 0.1) is 0 Å². The van der Waals surface area contributed by atoms with Crippen molar-refractivity contribution in [2.75, 3.05) is 23.3 Å². The largest absolute Gasteiger partial charge is 0.383 e. The fourth-order valence-electron chi connectivity index (χ4n) is 7.42. The number of nitrogens with zero attached hydrogens (tertiary/aromatic N) is 1. The van der Waals surface area contributed by atoms with Crippen molar-refractivity contribution >= 4 is 25.2 Å². The molecule has 0 saturated carbocycles. The molecular formula is C32H44N2OSi. The number of benzene rings is 2. The molecule has 0 fully saturated rings. The molecule has 3 nitrogen and oxygen atoms in total. The lowest BCUT2D eigenvalue weighted by atomic mass is 9.95. The molecule has 0 spiro atoms. The summed E-state index contributed by atoms with van der Waals surface area (Å²) in [5, 5.41) is 3.57. The Morgan fingerprint density at radius 1 is 0.889 bits per heavy atom. The maximum absolute atomic E-state index is 14.8. The van der Waals surface area contributed by atoms with Crippen LogP contribution < -0.4 is 10.2 Å². The number of anilines is 2. The van der Waals surface area contributed by atoms with Crippen molar-refractivity contribution in [3.8, 4) is 0 Å². The van der Waals surface area contributed by atoms with Crippen LogP contribution in [0.2, 0.25) is 22.2 Å². The summed E-state index contributed by atoms with van der Waals surface area (Å²) in [6, 6.07) is 20.9. The number of para-hydroxylation sites is 2. The van der Waals surface area contributed by atoms with Gasteiger partial charge in [0.1, 0.15) is 0 Å². The van der Waals surface area contributed by atoms with Crippen LogP contribution in [0.3, 0.4) is 0 Å². The van der Waals surface area contributed by atoms with Crippen LogP contribution in [0.1, 0.15) is 60.8 Å². The highest BCUT2D eigenvalue weighted by Crippen LogP contribution is 2.58. The summed E-state index contributed by atoms with van der Waals surface area (Å²) in [4.78, 5) is 17.1. The molecule has 2 aliphatic carbocycles. The van der Waals surface area contributed by atoms with Crippen molar-refractivity contribution in [1.82, 2.24) is 0 Å². The summed E-state index contributed by atoms with van der Waals surface area (Å²) in [6.45, 7) is 15.9. The molecule has 0 saturated heterocycles. The van der Waals surface area contributed by atoms with Gasteiger partial charge in [0.05, 0.1) is 13.8 Å². The Morgan fingerprint density at radius 3 is 2.06 bits per heavy atom. The van der Waals surface area contributed by atoms with Gasteiger partial charge in [0.25, 0.3) is 0 Å². The number of carbonyl (C=O) groups is 1. The maximum Gasteiger partial charge on any atom is 0.184 e. The Kier molecular flexibility index (Phi) is 8.24. The Balaban J connectivity index is 1.77. The molecule has 0 heterocycles. The highest BCUT2D eigenvalue weighted by molar-refractivity contribution is 6.88. The van der Waals surface area contributed by atoms with Gasteiger partial charge in [-0.3, -0.25) is 4.79 Å². The van der Waals surface area contributed by atoms with Gasteiger partial charge in [-0.05, 0) is 71.3 Å². The fraction of sp³-hybridized carbons (Fsp3) is 0.469. The van der Waals surface area contributed by atoms with Gasteiger partial charge >= 0.3 is 0 Å². The summed E-state index contributed by atoms with van der Waals surface area (Å²) in [7, 11) is -2.04. The zero-order chi connectivity index (χ0) is 25.9. The van der Waals surface area contributed by atoms with Crippen molar-refractivity contribution in [2.24, 2.45) is 0 Å². The van der Waals surface area contributed by atoms with E-state index < -0.39 is 8.07 Å². The Bertz CT molecular complexity index is 1080. The van der Waals surface area contributed by atoms with Gasteiger partial charge in [-0.15, -0.1) is 0 Å². The Labute approximate surface area is 219 Å². The minimum absolute atomic E-state index is 0.0658. The number of carbonyl (C=O) groups excluding carboxylic acids is 1. The van der Waals surface area contributed by atoms with Crippen molar-refractivity contribution in [3.05, 3.63) is 83.6 Å². The van der Waals surface area contributed by atoms with Crippen molar-refractivity contribution in [1.29, 1.82) is 0 Å². The van der Waals surface area contributed by atoms with Crippen LogP contribution in [0.4, 0.5) is 11.4 Å². The number of nitrogens with one attached hydrogen (secondary N) is 1. The SMILES string of the molecule is CC(C)[Si](C(C)C)(C(C)C)C1C(=O)C(N(CCNc2ccccc2)c2ccccc2)=C2CCCC=C21. The standard InChI is InChI=1S/C32H44N2OSi/c1-23(2)36(24(3)4,25(5)6)32-29-20-14-13-19-28(29)30(31(32)35)34(27-17-11-8-12-18-27)22-21-33-26-15-9-7-10-16-26/h7-12,15-18,20,23-25,32-33H,13-14,19,21-22H2,1-6H3. The first-order valence-electron chi connectivity index (χ1n) is 13.9. The second-order valence-electron chi connectivity index (χ2n) is 11.4. The normalized spacial score (nSPS) is 18.2. The van der Waals surface area contributed by atoms with Gasteiger partial charge in [0, 0.05) is 30.0 Å². The summed E-state index contributed by atoms with van der Waals surface area (Å²) < 4.78 is 0. The van der Waals surface area contributed by atoms with Crippen molar-refractivity contribution in [2.45, 2.75) is 83.0 Å². The van der Waals surface area contributed by atoms with Gasteiger partial charge in [-0.1, -0.05) is 84.0 Å². The van der Waals surface area contributed by atoms with Crippen LogP contribution in [0.25, 0.3) is 0 Å². The first kappa shape index (κ1) is 26.5. The molecule has 36 heavy (non-hydrogen) atoms. The van der Waals surface area contributed by atoms with Crippen LogP contribution >= 0.6 is 0 Å². The molecule has 1 atom stereocenters. The molecule has 0 amide bonds. The third-order valence-electron chi connectivity index (χ3n) is 8.71. The second kappa shape index (κ2) is 11.2. The molecule has 1 N–H and O–H groups in total. The number of allylic oxidation sites excluding steroid dienone is 4. The third-order valence-corrected chi connectivity index (χ3v) is 16.3. The van der Waals surface area contributed by atoms with E-state index in [9.17, 15) is 4.79 Å². The van der Waals surface area contributed by atoms with Gasteiger partial charge in [0.15, 0.2) is 5.78 Å². The molecular weight excluding hydrogens is 456 g/mol. The third kappa shape index (κ3) is 4.72. The van der Waals surface area contributed by atoms with E-state index >= 15 is 0 Å². The molecule has 4 heteroatoms. The highest BCUT2D eigenvalue weighted by atomic mass is 28.3. The number of fused-ring (bicyclic) bond motifs is 1. The molecule has 192 valence electrons. The summed E-state index contributed by atoms with van der Waals surface area (Å²) in [5.41, 5.74) is 7.61. The Hall–Kier alpha value is -2.59. The second-order valence-corrected chi connectivity index (χ2v) is 17.5. The van der Waals surface area contributed by atoms with Crippen molar-refractivity contribution < 1.29 is 4.79 Å². The van der Waals surface area contributed by atoms with Crippen LogP contribution in [-0.4, -0.2) is 26.9 Å². The van der Waals surface area contributed by atoms with Crippen LogP contribution in [-0.2, 0) is 4.79 Å². The minimum atomic E-state index is -2.04. The average Bonchev–Trinajstić information content (AvgIpc) is 3.15. The topological polar surface area (TPSA) is 32.3 Å². The summed E-state index contributed by atoms with van der Waals surface area (Å²) in [5.74, 6) is 0.393. The predicted molar refractivity (Wildman–Crippen MR) is 157 cm³/mol. The highest BCUT2D eigenvalue weighted by Gasteiger charge is 2.57. The van der Waals surface area contributed by atoms with E-state index in [1.807, 2.05) is 6.07 Å². The van der Waals surface area contributed by atoms with E-state index in [1.165, 1.54) is 11.1 Å². The van der Waals surface area contributed by atoms with E-state index in [1.54, 1.807) is 0 Å². The number of rotatable bonds is 10. The zero-order valence-corrected chi connectivity index (χ0v) is 24.1. The molecule has 0 aliphatic heterocycles. The number of hydrogen-bond acceptors (Lipinski definition) is 3. The molecule has 2 aromatic rings. The summed E-state index contributed by atoms with van der Waals surface area (Å²) >= 11 is 0. The number of ketones is 1. The summed E-state index contributed by atoms with van der Waals surface area (Å²) in [6.07, 6.45) is 5.68. The Morgan fingerprint density at radius 2 is 1.47 bits per heavy atom. The zero-order valence-electron chi connectivity index (χ0n) is 23.1. The fourth-order valence-corrected chi connectivity index (χ4v) is 14.8. The van der Waals surface area contributed by atoms with Gasteiger partial charge < -0.3 is 10.2 Å². The molecule has 0 bridgehead atoms. The average molecular weight is 501 g/mol. The molecule has 0 aromatic heterocycles. The lowest BCUT2D eigenvalue weighted by Gasteiger charge is -2.48. The van der Waals surface area contributed by atoms with Gasteiger partial charge in [-0.25, -0.2) is 0 Å². The van der Waals surface area contributed by atoms with Crippen LogP contribution in [0.15, 0.2) is 83.6 Å². The minimum Gasteiger partial charge on any atom is -0.383 e. The number of hydrogen-bond donors (Lipinski definition) is 1. The molecule has 1 unspecified atom stereocenters. The van der Waals surface area contributed by atoms with Crippen LogP contribution in [0.5, 0.6) is 0 Å². The number of Topliss-reactive ketones (excluding diaryl/α,β-unsaturated/α-hetero) is 1. The smallest absolute Gasteiger partial charge is 0.184 e. The lowest BCUT2D eigenvalue weighted by molar-refractivity contribution is -0.114. The van der Waals surface area contributed by atoms with Crippen molar-refractivity contribution in [3.63, 3.8) is 0 Å². The molecule has 4 rings (SSSR count). The lowest BCUT2D eigenvalue weighted by Crippen LogP contribution is -2.51. The molecule has 0 radical (unpaired) electrons.